The van der Waals surface area contributed by atoms with E-state index in [1.54, 1.807) is 7.11 Å². The number of nitrogens with one attached hydrogen (secondary N) is 1. The smallest absolute Gasteiger partial charge is 0.119 e. The Kier molecular flexibility index (Phi) is 3.23. The molecule has 0 aliphatic carbocycles. The molecule has 3 nitrogen and oxygen atoms in total. The van der Waals surface area contributed by atoms with Gasteiger partial charge >= 0.3 is 0 Å². The predicted octanol–water partition coefficient (Wildman–Crippen LogP) is 3.06. The highest BCUT2D eigenvalue weighted by atomic mass is 16.5. The lowest BCUT2D eigenvalue weighted by Crippen LogP contribution is -2.53. The quantitative estimate of drug-likeness (QED) is 0.913. The normalized spacial score (nSPS) is 23.5. The zero-order valence-electron chi connectivity index (χ0n) is 11.9. The molecule has 2 atom stereocenters. The van der Waals surface area contributed by atoms with Crippen LogP contribution in [0.1, 0.15) is 19.4 Å². The van der Waals surface area contributed by atoms with Crippen LogP contribution in [0.5, 0.6) is 5.75 Å². The fraction of sp³-hybridized carbons (Fsp3) is 0.500. The van der Waals surface area contributed by atoms with Crippen LogP contribution in [0.25, 0.3) is 10.9 Å². The average Bonchev–Trinajstić information content (AvgIpc) is 2.85. The van der Waals surface area contributed by atoms with E-state index < -0.39 is 0 Å². The number of hydrogen-bond donors (Lipinski definition) is 1. The van der Waals surface area contributed by atoms with Crippen LogP contribution >= 0.6 is 0 Å². The van der Waals surface area contributed by atoms with E-state index in [2.05, 4.69) is 42.1 Å². The highest BCUT2D eigenvalue weighted by Gasteiger charge is 2.30. The summed E-state index contributed by atoms with van der Waals surface area (Å²) >= 11 is 0. The Labute approximate surface area is 114 Å². The third kappa shape index (κ3) is 2.23. The number of benzene rings is 1. The van der Waals surface area contributed by atoms with Crippen molar-refractivity contribution in [1.82, 2.24) is 9.88 Å². The van der Waals surface area contributed by atoms with E-state index in [-0.39, 0.29) is 0 Å². The van der Waals surface area contributed by atoms with E-state index in [0.717, 1.165) is 30.7 Å². The van der Waals surface area contributed by atoms with Crippen molar-refractivity contribution < 1.29 is 4.74 Å². The van der Waals surface area contributed by atoms with Gasteiger partial charge in [-0.05, 0) is 43.0 Å². The molecule has 2 unspecified atom stereocenters. The molecule has 0 amide bonds. The molecule has 2 aromatic rings. The average molecular weight is 258 g/mol. The van der Waals surface area contributed by atoms with Gasteiger partial charge in [0.15, 0.2) is 0 Å². The first kappa shape index (κ1) is 12.5. The molecule has 0 bridgehead atoms. The lowest BCUT2D eigenvalue weighted by atomic mass is 9.91. The number of hydrogen-bond acceptors (Lipinski definition) is 2. The van der Waals surface area contributed by atoms with Crippen LogP contribution in [0.2, 0.25) is 0 Å². The summed E-state index contributed by atoms with van der Waals surface area (Å²) in [6.07, 6.45) is 3.24. The lowest BCUT2D eigenvalue weighted by molar-refractivity contribution is 0.0400. The van der Waals surface area contributed by atoms with Crippen LogP contribution in [0.4, 0.5) is 0 Å². The first-order valence-corrected chi connectivity index (χ1v) is 7.07. The van der Waals surface area contributed by atoms with Gasteiger partial charge < -0.3 is 9.72 Å². The van der Waals surface area contributed by atoms with Crippen LogP contribution in [0.15, 0.2) is 24.4 Å². The molecule has 0 radical (unpaired) electrons. The van der Waals surface area contributed by atoms with Crippen molar-refractivity contribution in [3.63, 3.8) is 0 Å². The Morgan fingerprint density at radius 2 is 2.21 bits per heavy atom. The Hall–Kier alpha value is -1.48. The van der Waals surface area contributed by atoms with Crippen LogP contribution in [0.3, 0.4) is 0 Å². The summed E-state index contributed by atoms with van der Waals surface area (Å²) in [5, 5.41) is 1.29. The Morgan fingerprint density at radius 3 is 2.89 bits per heavy atom. The number of likely N-dealkylation sites (tertiary alicyclic amines) is 1. The van der Waals surface area contributed by atoms with Gasteiger partial charge in [-0.15, -0.1) is 0 Å². The van der Waals surface area contributed by atoms with Crippen molar-refractivity contribution >= 4 is 10.9 Å². The summed E-state index contributed by atoms with van der Waals surface area (Å²) in [6.45, 7) is 7.05. The van der Waals surface area contributed by atoms with E-state index in [1.165, 1.54) is 23.0 Å². The number of aromatic nitrogens is 1. The summed E-state index contributed by atoms with van der Waals surface area (Å²) in [6, 6.07) is 6.96. The van der Waals surface area contributed by atoms with Gasteiger partial charge in [0.25, 0.3) is 0 Å². The second-order valence-corrected chi connectivity index (χ2v) is 5.69. The summed E-state index contributed by atoms with van der Waals surface area (Å²) in [5.74, 6) is 1.78. The maximum atomic E-state index is 5.31. The van der Waals surface area contributed by atoms with Crippen molar-refractivity contribution in [2.24, 2.45) is 5.92 Å². The number of aromatic amines is 1. The Bertz CT molecular complexity index is 575. The van der Waals surface area contributed by atoms with E-state index in [9.17, 15) is 0 Å². The Morgan fingerprint density at radius 1 is 1.37 bits per heavy atom. The second-order valence-electron chi connectivity index (χ2n) is 5.69. The molecule has 1 aromatic carbocycles. The number of fused-ring (bicyclic) bond motifs is 1. The van der Waals surface area contributed by atoms with Crippen molar-refractivity contribution in [2.45, 2.75) is 26.3 Å². The number of ether oxygens (including phenoxy) is 1. The maximum Gasteiger partial charge on any atom is 0.119 e. The molecule has 1 aliphatic rings. The molecule has 0 saturated carbocycles. The van der Waals surface area contributed by atoms with Crippen LogP contribution < -0.4 is 4.74 Å². The number of H-pyrrole nitrogens is 1. The van der Waals surface area contributed by atoms with Gasteiger partial charge in [0, 0.05) is 36.2 Å². The van der Waals surface area contributed by atoms with Gasteiger partial charge in [-0.1, -0.05) is 6.92 Å². The van der Waals surface area contributed by atoms with Crippen molar-refractivity contribution in [2.75, 3.05) is 20.2 Å². The maximum absolute atomic E-state index is 5.31. The molecule has 3 rings (SSSR count). The zero-order valence-corrected chi connectivity index (χ0v) is 11.9. The number of methoxy groups -OCH3 is 1. The highest BCUT2D eigenvalue weighted by Crippen LogP contribution is 2.27. The number of rotatable bonds is 4. The molecule has 1 aromatic heterocycles. The molecule has 1 aliphatic heterocycles. The molecule has 1 saturated heterocycles. The third-order valence-electron chi connectivity index (χ3n) is 4.56. The van der Waals surface area contributed by atoms with E-state index in [1.807, 2.05) is 6.07 Å². The first-order chi connectivity index (χ1) is 9.19. The summed E-state index contributed by atoms with van der Waals surface area (Å²) < 4.78 is 5.31. The van der Waals surface area contributed by atoms with E-state index in [0.29, 0.717) is 0 Å². The minimum Gasteiger partial charge on any atom is -0.497 e. The molecule has 2 heterocycles. The minimum absolute atomic E-state index is 0.736. The van der Waals surface area contributed by atoms with Crippen molar-refractivity contribution in [3.8, 4) is 5.75 Å². The molecule has 19 heavy (non-hydrogen) atoms. The fourth-order valence-electron chi connectivity index (χ4n) is 2.96. The van der Waals surface area contributed by atoms with Crippen LogP contribution in [-0.2, 0) is 6.42 Å². The lowest BCUT2D eigenvalue weighted by Gasteiger charge is -2.45. The van der Waals surface area contributed by atoms with Crippen molar-refractivity contribution in [1.29, 1.82) is 0 Å². The number of nitrogens with zero attached hydrogens (tertiary/aromatic N) is 1. The van der Waals surface area contributed by atoms with Gasteiger partial charge in [0.2, 0.25) is 0 Å². The second kappa shape index (κ2) is 4.89. The van der Waals surface area contributed by atoms with Crippen LogP contribution in [-0.4, -0.2) is 36.1 Å². The molecule has 3 heteroatoms. The summed E-state index contributed by atoms with van der Waals surface area (Å²) in [4.78, 5) is 5.90. The first-order valence-electron chi connectivity index (χ1n) is 7.07. The molecular weight excluding hydrogens is 236 g/mol. The van der Waals surface area contributed by atoms with Gasteiger partial charge in [0.05, 0.1) is 7.11 Å². The van der Waals surface area contributed by atoms with Crippen molar-refractivity contribution in [3.05, 3.63) is 30.0 Å². The highest BCUT2D eigenvalue weighted by molar-refractivity contribution is 5.84. The van der Waals surface area contributed by atoms with E-state index >= 15 is 0 Å². The molecular formula is C16H22N2O. The fourth-order valence-corrected chi connectivity index (χ4v) is 2.96. The van der Waals surface area contributed by atoms with Gasteiger partial charge in [-0.25, -0.2) is 0 Å². The topological polar surface area (TPSA) is 28.3 Å². The van der Waals surface area contributed by atoms with Gasteiger partial charge in [-0.3, -0.25) is 4.90 Å². The monoisotopic (exact) mass is 258 g/mol. The largest absolute Gasteiger partial charge is 0.497 e. The molecule has 1 N–H and O–H groups in total. The molecule has 102 valence electrons. The third-order valence-corrected chi connectivity index (χ3v) is 4.56. The van der Waals surface area contributed by atoms with Crippen LogP contribution in [0, 0.1) is 5.92 Å². The van der Waals surface area contributed by atoms with Gasteiger partial charge in [0.1, 0.15) is 5.75 Å². The molecule has 0 spiro atoms. The van der Waals surface area contributed by atoms with E-state index in [4.69, 9.17) is 4.74 Å². The minimum atomic E-state index is 0.736. The summed E-state index contributed by atoms with van der Waals surface area (Å²) in [5.41, 5.74) is 2.58. The molecule has 1 fully saturated rings. The zero-order chi connectivity index (χ0) is 13.4. The standard InChI is InChI=1S/C16H22N2O/c1-11-10-18(12(11)2)7-6-13-9-17-16-5-4-14(19-3)8-15(13)16/h4-5,8-9,11-12,17H,6-7,10H2,1-3H3. The Balaban J connectivity index is 1.74. The predicted molar refractivity (Wildman–Crippen MR) is 78.8 cm³/mol. The SMILES string of the molecule is COc1ccc2[nH]cc(CCN3CC(C)C3C)c2c1. The van der Waals surface area contributed by atoms with Gasteiger partial charge in [-0.2, -0.15) is 0 Å². The summed E-state index contributed by atoms with van der Waals surface area (Å²) in [7, 11) is 1.72.